The first-order valence-electron chi connectivity index (χ1n) is 8.08. The lowest BCUT2D eigenvalue weighted by Crippen LogP contribution is -2.01. The third-order valence-electron chi connectivity index (χ3n) is 3.71. The SMILES string of the molecule is Cc1ccc(-n2c(-c3ccc(Br)cc3)cnc2SCC(C)C)cc1. The molecule has 0 saturated heterocycles. The van der Waals surface area contributed by atoms with Crippen molar-refractivity contribution in [3.05, 3.63) is 64.8 Å². The summed E-state index contributed by atoms with van der Waals surface area (Å²) in [6.45, 7) is 6.59. The van der Waals surface area contributed by atoms with Gasteiger partial charge >= 0.3 is 0 Å². The van der Waals surface area contributed by atoms with Gasteiger partial charge in [-0.3, -0.25) is 4.57 Å². The fraction of sp³-hybridized carbons (Fsp3) is 0.250. The molecule has 0 spiro atoms. The van der Waals surface area contributed by atoms with E-state index >= 15 is 0 Å². The van der Waals surface area contributed by atoms with Crippen molar-refractivity contribution in [3.63, 3.8) is 0 Å². The second-order valence-corrected chi connectivity index (χ2v) is 8.21. The Morgan fingerprint density at radius 3 is 2.33 bits per heavy atom. The number of hydrogen-bond donors (Lipinski definition) is 0. The van der Waals surface area contributed by atoms with Gasteiger partial charge in [0.1, 0.15) is 0 Å². The number of thioether (sulfide) groups is 1. The number of nitrogens with zero attached hydrogens (tertiary/aromatic N) is 2. The van der Waals surface area contributed by atoms with E-state index in [1.54, 1.807) is 0 Å². The summed E-state index contributed by atoms with van der Waals surface area (Å²) < 4.78 is 3.34. The van der Waals surface area contributed by atoms with Crippen LogP contribution in [0.15, 0.2) is 64.4 Å². The molecular weight excluding hydrogens is 380 g/mol. The third kappa shape index (κ3) is 3.93. The summed E-state index contributed by atoms with van der Waals surface area (Å²) >= 11 is 5.32. The Kier molecular flexibility index (Phi) is 5.47. The van der Waals surface area contributed by atoms with Gasteiger partial charge < -0.3 is 0 Å². The first-order chi connectivity index (χ1) is 11.5. The fourth-order valence-corrected chi connectivity index (χ4v) is 3.65. The summed E-state index contributed by atoms with van der Waals surface area (Å²) in [5.41, 5.74) is 4.71. The Labute approximate surface area is 156 Å². The van der Waals surface area contributed by atoms with E-state index in [1.165, 1.54) is 11.1 Å². The molecule has 24 heavy (non-hydrogen) atoms. The van der Waals surface area contributed by atoms with E-state index in [-0.39, 0.29) is 0 Å². The largest absolute Gasteiger partial charge is 0.287 e. The van der Waals surface area contributed by atoms with Crippen molar-refractivity contribution in [1.29, 1.82) is 0 Å². The highest BCUT2D eigenvalue weighted by Crippen LogP contribution is 2.31. The van der Waals surface area contributed by atoms with Gasteiger partial charge in [0, 0.05) is 21.5 Å². The molecule has 0 atom stereocenters. The molecule has 0 aliphatic rings. The maximum atomic E-state index is 4.70. The lowest BCUT2D eigenvalue weighted by Gasteiger charge is -2.13. The topological polar surface area (TPSA) is 17.8 Å². The lowest BCUT2D eigenvalue weighted by molar-refractivity contribution is 0.746. The van der Waals surface area contributed by atoms with Crippen LogP contribution in [0.5, 0.6) is 0 Å². The average molecular weight is 401 g/mol. The molecule has 0 radical (unpaired) electrons. The van der Waals surface area contributed by atoms with Crippen LogP contribution in [-0.2, 0) is 0 Å². The second-order valence-electron chi connectivity index (χ2n) is 6.31. The summed E-state index contributed by atoms with van der Waals surface area (Å²) in [7, 11) is 0. The maximum absolute atomic E-state index is 4.70. The molecule has 4 heteroatoms. The Bertz CT molecular complexity index is 805. The Balaban J connectivity index is 2.08. The number of hydrogen-bond acceptors (Lipinski definition) is 2. The molecule has 0 aliphatic heterocycles. The van der Waals surface area contributed by atoms with Crippen LogP contribution in [0.2, 0.25) is 0 Å². The van der Waals surface area contributed by atoms with Gasteiger partial charge in [0.15, 0.2) is 5.16 Å². The highest BCUT2D eigenvalue weighted by atomic mass is 79.9. The van der Waals surface area contributed by atoms with Gasteiger partial charge in [0.25, 0.3) is 0 Å². The van der Waals surface area contributed by atoms with Crippen molar-refractivity contribution in [1.82, 2.24) is 9.55 Å². The predicted octanol–water partition coefficient (Wildman–Crippen LogP) is 6.36. The van der Waals surface area contributed by atoms with E-state index in [0.717, 1.165) is 26.8 Å². The molecule has 2 aromatic carbocycles. The van der Waals surface area contributed by atoms with Crippen LogP contribution in [0.1, 0.15) is 19.4 Å². The molecule has 0 aliphatic carbocycles. The molecule has 3 aromatic rings. The summed E-state index contributed by atoms with van der Waals surface area (Å²) in [6, 6.07) is 17.0. The molecule has 0 unspecified atom stereocenters. The van der Waals surface area contributed by atoms with Gasteiger partial charge in [-0.05, 0) is 37.1 Å². The summed E-state index contributed by atoms with van der Waals surface area (Å²) in [5, 5.41) is 1.05. The Morgan fingerprint density at radius 2 is 1.71 bits per heavy atom. The number of halogens is 1. The van der Waals surface area contributed by atoms with Crippen molar-refractivity contribution >= 4 is 27.7 Å². The van der Waals surface area contributed by atoms with Crippen LogP contribution in [-0.4, -0.2) is 15.3 Å². The molecule has 0 N–H and O–H groups in total. The summed E-state index contributed by atoms with van der Waals surface area (Å²) in [5.74, 6) is 1.69. The zero-order chi connectivity index (χ0) is 17.1. The van der Waals surface area contributed by atoms with Crippen molar-refractivity contribution in [2.75, 3.05) is 5.75 Å². The van der Waals surface area contributed by atoms with E-state index in [4.69, 9.17) is 4.98 Å². The van der Waals surface area contributed by atoms with Crippen molar-refractivity contribution in [2.24, 2.45) is 5.92 Å². The Hall–Kier alpha value is -1.52. The van der Waals surface area contributed by atoms with E-state index in [2.05, 4.69) is 89.8 Å². The Morgan fingerprint density at radius 1 is 1.04 bits per heavy atom. The van der Waals surface area contributed by atoms with Gasteiger partial charge in [0.2, 0.25) is 0 Å². The van der Waals surface area contributed by atoms with Crippen LogP contribution >= 0.6 is 27.7 Å². The van der Waals surface area contributed by atoms with E-state index in [9.17, 15) is 0 Å². The summed E-state index contributed by atoms with van der Waals surface area (Å²) in [6.07, 6.45) is 1.98. The van der Waals surface area contributed by atoms with Crippen LogP contribution < -0.4 is 0 Å². The first kappa shape index (κ1) is 17.3. The van der Waals surface area contributed by atoms with Crippen molar-refractivity contribution in [3.8, 4) is 16.9 Å². The summed E-state index contributed by atoms with van der Waals surface area (Å²) in [4.78, 5) is 4.70. The first-order valence-corrected chi connectivity index (χ1v) is 9.86. The highest BCUT2D eigenvalue weighted by molar-refractivity contribution is 9.10. The van der Waals surface area contributed by atoms with Crippen molar-refractivity contribution < 1.29 is 0 Å². The third-order valence-corrected chi connectivity index (χ3v) is 5.62. The van der Waals surface area contributed by atoms with E-state index in [1.807, 2.05) is 18.0 Å². The minimum Gasteiger partial charge on any atom is -0.287 e. The van der Waals surface area contributed by atoms with E-state index < -0.39 is 0 Å². The zero-order valence-electron chi connectivity index (χ0n) is 14.2. The van der Waals surface area contributed by atoms with Gasteiger partial charge in [-0.2, -0.15) is 0 Å². The minimum absolute atomic E-state index is 0.634. The quantitative estimate of drug-likeness (QED) is 0.463. The predicted molar refractivity (Wildman–Crippen MR) is 107 cm³/mol. The average Bonchev–Trinajstić information content (AvgIpc) is 2.98. The molecule has 0 bridgehead atoms. The zero-order valence-corrected chi connectivity index (χ0v) is 16.6. The van der Waals surface area contributed by atoms with Crippen LogP contribution in [0, 0.1) is 12.8 Å². The molecule has 0 amide bonds. The van der Waals surface area contributed by atoms with Crippen LogP contribution in [0.4, 0.5) is 0 Å². The number of rotatable bonds is 5. The van der Waals surface area contributed by atoms with Crippen LogP contribution in [0.25, 0.3) is 16.9 Å². The minimum atomic E-state index is 0.634. The number of benzene rings is 2. The normalized spacial score (nSPS) is 11.2. The molecule has 124 valence electrons. The van der Waals surface area contributed by atoms with Crippen LogP contribution in [0.3, 0.4) is 0 Å². The van der Waals surface area contributed by atoms with Gasteiger partial charge in [0.05, 0.1) is 11.9 Å². The molecule has 1 heterocycles. The van der Waals surface area contributed by atoms with Gasteiger partial charge in [-0.15, -0.1) is 0 Å². The lowest BCUT2D eigenvalue weighted by atomic mass is 10.1. The monoisotopic (exact) mass is 400 g/mol. The maximum Gasteiger partial charge on any atom is 0.173 e. The molecule has 2 nitrogen and oxygen atoms in total. The smallest absolute Gasteiger partial charge is 0.173 e. The van der Waals surface area contributed by atoms with Gasteiger partial charge in [-0.1, -0.05) is 71.4 Å². The second kappa shape index (κ2) is 7.58. The molecule has 1 aromatic heterocycles. The molecular formula is C20H21BrN2S. The highest BCUT2D eigenvalue weighted by Gasteiger charge is 2.14. The number of imidazole rings is 1. The molecule has 3 rings (SSSR count). The fourth-order valence-electron chi connectivity index (χ4n) is 2.45. The number of aromatic nitrogens is 2. The van der Waals surface area contributed by atoms with E-state index in [0.29, 0.717) is 5.92 Å². The molecule has 0 saturated carbocycles. The van der Waals surface area contributed by atoms with Crippen molar-refractivity contribution in [2.45, 2.75) is 25.9 Å². The van der Waals surface area contributed by atoms with Gasteiger partial charge in [-0.25, -0.2) is 4.98 Å². The standard InChI is InChI=1S/C20H21BrN2S/c1-14(2)13-24-20-22-12-19(16-6-8-17(21)9-7-16)23(20)18-10-4-15(3)5-11-18/h4-12,14H,13H2,1-3H3. The number of aryl methyl sites for hydroxylation is 1. The molecule has 0 fully saturated rings.